The number of rotatable bonds is 4. The molecule has 0 aromatic heterocycles. The zero-order valence-electron chi connectivity index (χ0n) is 11.1. The molecule has 1 aromatic carbocycles. The Bertz CT molecular complexity index is 404. The summed E-state index contributed by atoms with van der Waals surface area (Å²) in [6.45, 7) is 4.57. The Morgan fingerprint density at radius 2 is 2.00 bits per heavy atom. The van der Waals surface area contributed by atoms with Crippen molar-refractivity contribution >= 4 is 0 Å². The van der Waals surface area contributed by atoms with Crippen LogP contribution >= 0.6 is 0 Å². The van der Waals surface area contributed by atoms with Crippen LogP contribution in [0.25, 0.3) is 0 Å². The SMILES string of the molecule is c1ccc2c(c1)CCOC2CNCC1COCCO1. The van der Waals surface area contributed by atoms with E-state index in [1.807, 2.05) is 0 Å². The van der Waals surface area contributed by atoms with Crippen molar-refractivity contribution in [1.29, 1.82) is 0 Å². The van der Waals surface area contributed by atoms with Gasteiger partial charge in [-0.2, -0.15) is 0 Å². The van der Waals surface area contributed by atoms with Gasteiger partial charge in [0.2, 0.25) is 0 Å². The van der Waals surface area contributed by atoms with Crippen molar-refractivity contribution in [1.82, 2.24) is 5.32 Å². The van der Waals surface area contributed by atoms with Crippen molar-refractivity contribution in [2.75, 3.05) is 39.5 Å². The molecule has 0 aliphatic carbocycles. The van der Waals surface area contributed by atoms with E-state index in [1.165, 1.54) is 11.1 Å². The zero-order valence-corrected chi connectivity index (χ0v) is 11.1. The van der Waals surface area contributed by atoms with Crippen LogP contribution < -0.4 is 5.32 Å². The number of benzene rings is 1. The molecule has 0 bridgehead atoms. The molecule has 19 heavy (non-hydrogen) atoms. The van der Waals surface area contributed by atoms with E-state index in [-0.39, 0.29) is 12.2 Å². The molecule has 3 rings (SSSR count). The Morgan fingerprint density at radius 1 is 1.05 bits per heavy atom. The van der Waals surface area contributed by atoms with Crippen molar-refractivity contribution in [3.05, 3.63) is 35.4 Å². The molecule has 1 N–H and O–H groups in total. The minimum absolute atomic E-state index is 0.162. The van der Waals surface area contributed by atoms with Gasteiger partial charge in [0, 0.05) is 13.1 Å². The van der Waals surface area contributed by atoms with Gasteiger partial charge in [-0.1, -0.05) is 24.3 Å². The summed E-state index contributed by atoms with van der Waals surface area (Å²) in [5.41, 5.74) is 2.74. The quantitative estimate of drug-likeness (QED) is 0.889. The van der Waals surface area contributed by atoms with Crippen LogP contribution in [0, 0.1) is 0 Å². The van der Waals surface area contributed by atoms with Crippen LogP contribution in [-0.2, 0) is 20.6 Å². The summed E-state index contributed by atoms with van der Waals surface area (Å²) < 4.78 is 16.9. The molecule has 4 heteroatoms. The topological polar surface area (TPSA) is 39.7 Å². The minimum Gasteiger partial charge on any atom is -0.376 e. The van der Waals surface area contributed by atoms with Gasteiger partial charge in [-0.25, -0.2) is 0 Å². The summed E-state index contributed by atoms with van der Waals surface area (Å²) in [4.78, 5) is 0. The zero-order chi connectivity index (χ0) is 12.9. The van der Waals surface area contributed by atoms with Crippen LogP contribution in [0.5, 0.6) is 0 Å². The third-order valence-electron chi connectivity index (χ3n) is 3.68. The van der Waals surface area contributed by atoms with Crippen molar-refractivity contribution in [3.8, 4) is 0 Å². The third kappa shape index (κ3) is 3.34. The predicted molar refractivity (Wildman–Crippen MR) is 72.3 cm³/mol. The van der Waals surface area contributed by atoms with Gasteiger partial charge >= 0.3 is 0 Å². The molecule has 1 aromatic rings. The predicted octanol–water partition coefficient (Wildman–Crippen LogP) is 1.31. The van der Waals surface area contributed by atoms with E-state index in [9.17, 15) is 0 Å². The second-order valence-electron chi connectivity index (χ2n) is 5.03. The van der Waals surface area contributed by atoms with E-state index in [0.29, 0.717) is 13.2 Å². The highest BCUT2D eigenvalue weighted by molar-refractivity contribution is 5.31. The van der Waals surface area contributed by atoms with Crippen LogP contribution in [0.4, 0.5) is 0 Å². The molecule has 0 spiro atoms. The summed E-state index contributed by atoms with van der Waals surface area (Å²) in [6, 6.07) is 8.55. The van der Waals surface area contributed by atoms with Gasteiger partial charge in [0.25, 0.3) is 0 Å². The average Bonchev–Trinajstić information content (AvgIpc) is 2.49. The Hall–Kier alpha value is -0.940. The highest BCUT2D eigenvalue weighted by Crippen LogP contribution is 2.26. The van der Waals surface area contributed by atoms with E-state index < -0.39 is 0 Å². The molecule has 104 valence electrons. The Balaban J connectivity index is 1.50. The molecule has 2 aliphatic heterocycles. The van der Waals surface area contributed by atoms with Crippen LogP contribution in [-0.4, -0.2) is 45.6 Å². The molecule has 1 fully saturated rings. The second kappa shape index (κ2) is 6.48. The van der Waals surface area contributed by atoms with Gasteiger partial charge in [0.1, 0.15) is 0 Å². The van der Waals surface area contributed by atoms with Crippen LogP contribution in [0.2, 0.25) is 0 Å². The summed E-state index contributed by atoms with van der Waals surface area (Å²) in [6.07, 6.45) is 1.36. The van der Waals surface area contributed by atoms with E-state index in [4.69, 9.17) is 14.2 Å². The lowest BCUT2D eigenvalue weighted by molar-refractivity contribution is -0.0872. The maximum atomic E-state index is 5.86. The van der Waals surface area contributed by atoms with Crippen molar-refractivity contribution in [2.45, 2.75) is 18.6 Å². The lowest BCUT2D eigenvalue weighted by Crippen LogP contribution is -2.39. The second-order valence-corrected chi connectivity index (χ2v) is 5.03. The molecular formula is C15H21NO3. The monoisotopic (exact) mass is 263 g/mol. The normalized spacial score (nSPS) is 26.9. The number of fused-ring (bicyclic) bond motifs is 1. The first kappa shape index (κ1) is 13.1. The fourth-order valence-corrected chi connectivity index (χ4v) is 2.68. The van der Waals surface area contributed by atoms with Crippen LogP contribution in [0.1, 0.15) is 17.2 Å². The fraction of sp³-hybridized carbons (Fsp3) is 0.600. The van der Waals surface area contributed by atoms with Gasteiger partial charge in [-0.3, -0.25) is 0 Å². The van der Waals surface area contributed by atoms with Gasteiger partial charge in [-0.15, -0.1) is 0 Å². The molecule has 1 saturated heterocycles. The molecule has 2 atom stereocenters. The molecule has 0 amide bonds. The fourth-order valence-electron chi connectivity index (χ4n) is 2.68. The van der Waals surface area contributed by atoms with Crippen molar-refractivity contribution < 1.29 is 14.2 Å². The highest BCUT2D eigenvalue weighted by atomic mass is 16.6. The van der Waals surface area contributed by atoms with Gasteiger partial charge in [0.15, 0.2) is 0 Å². The van der Waals surface area contributed by atoms with Gasteiger partial charge < -0.3 is 19.5 Å². The number of hydrogen-bond donors (Lipinski definition) is 1. The van der Waals surface area contributed by atoms with E-state index in [2.05, 4.69) is 29.6 Å². The van der Waals surface area contributed by atoms with E-state index in [1.54, 1.807) is 0 Å². The standard InChI is InChI=1S/C15H21NO3/c1-2-4-14-12(3-1)5-6-19-15(14)10-16-9-13-11-17-7-8-18-13/h1-4,13,15-16H,5-11H2. The maximum absolute atomic E-state index is 5.86. The Morgan fingerprint density at radius 3 is 2.89 bits per heavy atom. The first-order chi connectivity index (χ1) is 9.43. The van der Waals surface area contributed by atoms with Gasteiger partial charge in [-0.05, 0) is 17.5 Å². The smallest absolute Gasteiger partial charge is 0.0952 e. The molecule has 0 radical (unpaired) electrons. The number of hydrogen-bond acceptors (Lipinski definition) is 4. The van der Waals surface area contributed by atoms with Gasteiger partial charge in [0.05, 0.1) is 38.6 Å². The average molecular weight is 263 g/mol. The summed E-state index contributed by atoms with van der Waals surface area (Å²) >= 11 is 0. The van der Waals surface area contributed by atoms with Crippen molar-refractivity contribution in [2.24, 2.45) is 0 Å². The van der Waals surface area contributed by atoms with Crippen LogP contribution in [0.3, 0.4) is 0 Å². The third-order valence-corrected chi connectivity index (χ3v) is 3.68. The van der Waals surface area contributed by atoms with Crippen LogP contribution in [0.15, 0.2) is 24.3 Å². The maximum Gasteiger partial charge on any atom is 0.0952 e. The minimum atomic E-state index is 0.162. The lowest BCUT2D eigenvalue weighted by Gasteiger charge is -2.28. The first-order valence-electron chi connectivity index (χ1n) is 7.03. The number of ether oxygens (including phenoxy) is 3. The molecule has 2 heterocycles. The molecule has 2 aliphatic rings. The summed E-state index contributed by atoms with van der Waals surface area (Å²) in [5, 5.41) is 3.44. The Labute approximate surface area is 114 Å². The number of nitrogens with one attached hydrogen (secondary N) is 1. The molecular weight excluding hydrogens is 242 g/mol. The molecule has 2 unspecified atom stereocenters. The van der Waals surface area contributed by atoms with E-state index >= 15 is 0 Å². The van der Waals surface area contributed by atoms with Crippen molar-refractivity contribution in [3.63, 3.8) is 0 Å². The largest absolute Gasteiger partial charge is 0.376 e. The molecule has 0 saturated carbocycles. The highest BCUT2D eigenvalue weighted by Gasteiger charge is 2.21. The lowest BCUT2D eigenvalue weighted by atomic mass is 9.97. The Kier molecular flexibility index (Phi) is 4.45. The summed E-state index contributed by atoms with van der Waals surface area (Å²) in [7, 11) is 0. The summed E-state index contributed by atoms with van der Waals surface area (Å²) in [5.74, 6) is 0. The molecule has 4 nitrogen and oxygen atoms in total. The first-order valence-corrected chi connectivity index (χ1v) is 7.03. The van der Waals surface area contributed by atoms with E-state index in [0.717, 1.165) is 32.7 Å².